The zero-order chi connectivity index (χ0) is 10.4. The van der Waals surface area contributed by atoms with E-state index in [2.05, 4.69) is 24.9 Å². The number of thiol groups is 1. The highest BCUT2D eigenvalue weighted by atomic mass is 32.1. The SMILES string of the molecule is CCCCNC(=O)c1ccccc1S. The second kappa shape index (κ2) is 5.70. The Hall–Kier alpha value is -0.960. The number of hydrogen-bond donors (Lipinski definition) is 2. The second-order valence-corrected chi connectivity index (χ2v) is 3.61. The van der Waals surface area contributed by atoms with Crippen molar-refractivity contribution in [2.24, 2.45) is 0 Å². The summed E-state index contributed by atoms with van der Waals surface area (Å²) in [6.07, 6.45) is 2.10. The van der Waals surface area contributed by atoms with Crippen molar-refractivity contribution >= 4 is 18.5 Å². The number of benzene rings is 1. The first-order valence-electron chi connectivity index (χ1n) is 4.82. The molecule has 0 unspecified atom stereocenters. The molecule has 3 heteroatoms. The summed E-state index contributed by atoms with van der Waals surface area (Å²) in [7, 11) is 0. The first kappa shape index (κ1) is 11.1. The summed E-state index contributed by atoms with van der Waals surface area (Å²) in [5.74, 6) is -0.0379. The van der Waals surface area contributed by atoms with Crippen LogP contribution in [-0.4, -0.2) is 12.5 Å². The molecule has 0 bridgehead atoms. The molecule has 0 saturated carbocycles. The maximum absolute atomic E-state index is 11.6. The van der Waals surface area contributed by atoms with Crippen LogP contribution in [0, 0.1) is 0 Å². The van der Waals surface area contributed by atoms with E-state index in [0.29, 0.717) is 5.56 Å². The van der Waals surface area contributed by atoms with Crippen molar-refractivity contribution in [1.82, 2.24) is 5.32 Å². The minimum absolute atomic E-state index is 0.0379. The summed E-state index contributed by atoms with van der Waals surface area (Å²) < 4.78 is 0. The zero-order valence-corrected chi connectivity index (χ0v) is 9.18. The highest BCUT2D eigenvalue weighted by Crippen LogP contribution is 2.12. The van der Waals surface area contributed by atoms with Crippen LogP contribution in [-0.2, 0) is 0 Å². The standard InChI is InChI=1S/C11H15NOS/c1-2-3-8-12-11(13)9-6-4-5-7-10(9)14/h4-7,14H,2-3,8H2,1H3,(H,12,13). The molecule has 0 atom stereocenters. The molecule has 0 fully saturated rings. The Balaban J connectivity index is 2.56. The Morgan fingerprint density at radius 2 is 2.14 bits per heavy atom. The first-order valence-corrected chi connectivity index (χ1v) is 5.26. The predicted octanol–water partition coefficient (Wildman–Crippen LogP) is 2.51. The van der Waals surface area contributed by atoms with Crippen LogP contribution in [0.2, 0.25) is 0 Å². The molecular weight excluding hydrogens is 194 g/mol. The van der Waals surface area contributed by atoms with Crippen LogP contribution in [0.25, 0.3) is 0 Å². The van der Waals surface area contributed by atoms with E-state index in [-0.39, 0.29) is 5.91 Å². The Morgan fingerprint density at radius 1 is 1.43 bits per heavy atom. The van der Waals surface area contributed by atoms with Gasteiger partial charge in [0.25, 0.3) is 5.91 Å². The topological polar surface area (TPSA) is 29.1 Å². The number of hydrogen-bond acceptors (Lipinski definition) is 2. The lowest BCUT2D eigenvalue weighted by molar-refractivity contribution is 0.0950. The molecule has 1 amide bonds. The second-order valence-electron chi connectivity index (χ2n) is 3.13. The third-order valence-electron chi connectivity index (χ3n) is 1.96. The number of carbonyl (C=O) groups is 1. The third kappa shape index (κ3) is 3.07. The van der Waals surface area contributed by atoms with Crippen LogP contribution in [0.3, 0.4) is 0 Å². The van der Waals surface area contributed by atoms with Gasteiger partial charge in [0, 0.05) is 11.4 Å². The van der Waals surface area contributed by atoms with E-state index in [0.717, 1.165) is 24.3 Å². The van der Waals surface area contributed by atoms with Gasteiger partial charge in [-0.15, -0.1) is 12.6 Å². The summed E-state index contributed by atoms with van der Waals surface area (Å²) in [6.45, 7) is 2.83. The molecule has 0 aliphatic heterocycles. The molecule has 14 heavy (non-hydrogen) atoms. The van der Waals surface area contributed by atoms with Crippen LogP contribution in [0.15, 0.2) is 29.2 Å². The molecule has 0 aliphatic carbocycles. The van der Waals surface area contributed by atoms with Crippen molar-refractivity contribution in [3.63, 3.8) is 0 Å². The van der Waals surface area contributed by atoms with Gasteiger partial charge in [0.05, 0.1) is 5.56 Å². The predicted molar refractivity (Wildman–Crippen MR) is 60.9 cm³/mol. The lowest BCUT2D eigenvalue weighted by Crippen LogP contribution is -2.24. The average molecular weight is 209 g/mol. The molecule has 1 rings (SSSR count). The summed E-state index contributed by atoms with van der Waals surface area (Å²) in [5.41, 5.74) is 0.645. The minimum atomic E-state index is -0.0379. The maximum Gasteiger partial charge on any atom is 0.252 e. The Morgan fingerprint density at radius 3 is 2.79 bits per heavy atom. The lowest BCUT2D eigenvalue weighted by Gasteiger charge is -2.05. The Kier molecular flexibility index (Phi) is 4.53. The quantitative estimate of drug-likeness (QED) is 0.579. The number of nitrogens with one attached hydrogen (secondary N) is 1. The fourth-order valence-electron chi connectivity index (χ4n) is 1.14. The van der Waals surface area contributed by atoms with Gasteiger partial charge in [-0.05, 0) is 18.6 Å². The maximum atomic E-state index is 11.6. The molecule has 0 aromatic heterocycles. The van der Waals surface area contributed by atoms with Gasteiger partial charge in [-0.25, -0.2) is 0 Å². The Labute approximate surface area is 90.1 Å². The van der Waals surface area contributed by atoms with Crippen molar-refractivity contribution in [2.45, 2.75) is 24.7 Å². The van der Waals surface area contributed by atoms with Crippen LogP contribution in [0.1, 0.15) is 30.1 Å². The van der Waals surface area contributed by atoms with Gasteiger partial charge in [0.15, 0.2) is 0 Å². The van der Waals surface area contributed by atoms with E-state index in [1.165, 1.54) is 0 Å². The number of unbranched alkanes of at least 4 members (excludes halogenated alkanes) is 1. The van der Waals surface area contributed by atoms with E-state index >= 15 is 0 Å². The highest BCUT2D eigenvalue weighted by Gasteiger charge is 2.06. The minimum Gasteiger partial charge on any atom is -0.352 e. The largest absolute Gasteiger partial charge is 0.352 e. The Bertz CT molecular complexity index is 312. The van der Waals surface area contributed by atoms with E-state index in [1.807, 2.05) is 18.2 Å². The molecule has 2 nitrogen and oxygen atoms in total. The molecule has 0 radical (unpaired) electrons. The molecule has 0 spiro atoms. The smallest absolute Gasteiger partial charge is 0.252 e. The van der Waals surface area contributed by atoms with Crippen LogP contribution in [0.5, 0.6) is 0 Å². The molecule has 1 N–H and O–H groups in total. The monoisotopic (exact) mass is 209 g/mol. The molecule has 1 aromatic carbocycles. The number of rotatable bonds is 4. The molecule has 0 aliphatic rings. The van der Waals surface area contributed by atoms with E-state index in [1.54, 1.807) is 6.07 Å². The van der Waals surface area contributed by atoms with Gasteiger partial charge >= 0.3 is 0 Å². The average Bonchev–Trinajstić information content (AvgIpc) is 2.18. The van der Waals surface area contributed by atoms with E-state index < -0.39 is 0 Å². The molecule has 1 aromatic rings. The van der Waals surface area contributed by atoms with Gasteiger partial charge in [0.1, 0.15) is 0 Å². The number of carbonyl (C=O) groups excluding carboxylic acids is 1. The van der Waals surface area contributed by atoms with E-state index in [9.17, 15) is 4.79 Å². The van der Waals surface area contributed by atoms with Gasteiger partial charge in [-0.3, -0.25) is 4.79 Å². The van der Waals surface area contributed by atoms with Gasteiger partial charge < -0.3 is 5.32 Å². The molecule has 0 saturated heterocycles. The summed E-state index contributed by atoms with van der Waals surface area (Å²) in [6, 6.07) is 7.31. The molecule has 0 heterocycles. The van der Waals surface area contributed by atoms with Gasteiger partial charge in [-0.2, -0.15) is 0 Å². The fourth-order valence-corrected chi connectivity index (χ4v) is 1.40. The fraction of sp³-hybridized carbons (Fsp3) is 0.364. The van der Waals surface area contributed by atoms with Crippen molar-refractivity contribution in [1.29, 1.82) is 0 Å². The summed E-state index contributed by atoms with van der Waals surface area (Å²) >= 11 is 4.22. The first-order chi connectivity index (χ1) is 6.75. The van der Waals surface area contributed by atoms with Crippen molar-refractivity contribution in [3.05, 3.63) is 29.8 Å². The van der Waals surface area contributed by atoms with Crippen molar-refractivity contribution in [2.75, 3.05) is 6.54 Å². The van der Waals surface area contributed by atoms with Crippen molar-refractivity contribution < 1.29 is 4.79 Å². The van der Waals surface area contributed by atoms with Crippen LogP contribution >= 0.6 is 12.6 Å². The normalized spacial score (nSPS) is 9.86. The third-order valence-corrected chi connectivity index (χ3v) is 2.35. The van der Waals surface area contributed by atoms with Crippen LogP contribution in [0.4, 0.5) is 0 Å². The van der Waals surface area contributed by atoms with Gasteiger partial charge in [-0.1, -0.05) is 25.5 Å². The van der Waals surface area contributed by atoms with Gasteiger partial charge in [0.2, 0.25) is 0 Å². The van der Waals surface area contributed by atoms with Crippen molar-refractivity contribution in [3.8, 4) is 0 Å². The molecular formula is C11H15NOS. The van der Waals surface area contributed by atoms with E-state index in [4.69, 9.17) is 0 Å². The summed E-state index contributed by atoms with van der Waals surface area (Å²) in [5, 5.41) is 2.85. The lowest BCUT2D eigenvalue weighted by atomic mass is 10.2. The number of amides is 1. The van der Waals surface area contributed by atoms with Crippen LogP contribution < -0.4 is 5.32 Å². The zero-order valence-electron chi connectivity index (χ0n) is 8.29. The highest BCUT2D eigenvalue weighted by molar-refractivity contribution is 7.80. The molecule has 76 valence electrons. The summed E-state index contributed by atoms with van der Waals surface area (Å²) in [4.78, 5) is 12.3.